The standard InChI is InChI=1S/C57H41N5O/c1-57(2,3)35-30-49-43-19-9-8-18-42(43)47-22-12-21-46-40-16-6-4-14-38(40)39-15-5-7-17-41(39)48-23-13-25-51-56(48)61(55(46)47)34-60(51)53-33-37(28-29-58-53)63-36-26-27-45-44-20-10-11-24-50(44)62(52(45)32-36)54(31-35)59-49/h4-33H,34H2,1-3H3. The largest absolute Gasteiger partial charge is 0.457 e. The van der Waals surface area contributed by atoms with Gasteiger partial charge in [-0.3, -0.25) is 4.57 Å². The molecular formula is C57H41N5O. The van der Waals surface area contributed by atoms with E-state index in [2.05, 4.69) is 205 Å². The van der Waals surface area contributed by atoms with E-state index in [4.69, 9.17) is 14.7 Å². The molecule has 2 aliphatic rings. The Kier molecular flexibility index (Phi) is 7.53. The molecule has 0 aliphatic carbocycles. The number of ether oxygens (including phenoxy) is 1. The van der Waals surface area contributed by atoms with E-state index in [1.165, 1.54) is 37.9 Å². The highest BCUT2D eigenvalue weighted by molar-refractivity contribution is 6.22. The van der Waals surface area contributed by atoms with Crippen LogP contribution in [0.25, 0.3) is 93.4 Å². The zero-order valence-electron chi connectivity index (χ0n) is 35.2. The van der Waals surface area contributed by atoms with Gasteiger partial charge in [0.05, 0.1) is 33.4 Å². The van der Waals surface area contributed by atoms with Gasteiger partial charge in [-0.1, -0.05) is 142 Å². The Bertz CT molecular complexity index is 3810. The Hall–Kier alpha value is -7.96. The first-order chi connectivity index (χ1) is 30.9. The van der Waals surface area contributed by atoms with Crippen LogP contribution in [-0.2, 0) is 12.1 Å². The predicted octanol–water partition coefficient (Wildman–Crippen LogP) is 15.0. The minimum Gasteiger partial charge on any atom is -0.457 e. The summed E-state index contributed by atoms with van der Waals surface area (Å²) in [6.45, 7) is 7.39. The number of hydrogen-bond acceptors (Lipinski definition) is 4. The highest BCUT2D eigenvalue weighted by atomic mass is 16.5. The van der Waals surface area contributed by atoms with Crippen LogP contribution in [0.5, 0.6) is 11.5 Å². The Morgan fingerprint density at radius 1 is 0.476 bits per heavy atom. The van der Waals surface area contributed by atoms with Crippen molar-refractivity contribution in [1.29, 1.82) is 0 Å². The molecule has 0 N–H and O–H groups in total. The van der Waals surface area contributed by atoms with Gasteiger partial charge in [0.1, 0.15) is 29.8 Å². The second kappa shape index (κ2) is 13.3. The molecular weight excluding hydrogens is 771 g/mol. The monoisotopic (exact) mass is 811 g/mol. The van der Waals surface area contributed by atoms with E-state index in [0.717, 1.165) is 78.3 Å². The molecule has 0 unspecified atom stereocenters. The van der Waals surface area contributed by atoms with Crippen LogP contribution in [0.2, 0.25) is 0 Å². The number of rotatable bonds is 0. The molecule has 6 heterocycles. The van der Waals surface area contributed by atoms with Gasteiger partial charge in [-0.2, -0.15) is 0 Å². The lowest BCUT2D eigenvalue weighted by atomic mass is 9.86. The third kappa shape index (κ3) is 5.37. The van der Waals surface area contributed by atoms with E-state index < -0.39 is 0 Å². The fraction of sp³-hybridized carbons (Fsp3) is 0.0877. The topological polar surface area (TPSA) is 48.1 Å². The molecule has 6 nitrogen and oxygen atoms in total. The van der Waals surface area contributed by atoms with Crippen molar-refractivity contribution in [2.75, 3.05) is 4.90 Å². The predicted molar refractivity (Wildman–Crippen MR) is 260 cm³/mol. The molecule has 2 aliphatic heterocycles. The fourth-order valence-corrected chi connectivity index (χ4v) is 10.2. The van der Waals surface area contributed by atoms with Crippen molar-refractivity contribution in [2.24, 2.45) is 0 Å². The molecule has 8 bridgehead atoms. The van der Waals surface area contributed by atoms with Gasteiger partial charge in [0, 0.05) is 51.0 Å². The van der Waals surface area contributed by atoms with E-state index in [1.54, 1.807) is 0 Å². The quantitative estimate of drug-likeness (QED) is 0.153. The average Bonchev–Trinajstić information content (AvgIpc) is 3.87. The minimum absolute atomic E-state index is 0.164. The normalized spacial score (nSPS) is 13.0. The number of pyridine rings is 2. The van der Waals surface area contributed by atoms with Crippen LogP contribution < -0.4 is 9.64 Å². The summed E-state index contributed by atoms with van der Waals surface area (Å²) in [7, 11) is 0. The summed E-state index contributed by atoms with van der Waals surface area (Å²) >= 11 is 0. The Morgan fingerprint density at radius 2 is 1.08 bits per heavy atom. The van der Waals surface area contributed by atoms with Crippen LogP contribution in [0, 0.1) is 0 Å². The van der Waals surface area contributed by atoms with Gasteiger partial charge in [0.2, 0.25) is 0 Å². The summed E-state index contributed by atoms with van der Waals surface area (Å²) in [5, 5.41) is 9.41. The summed E-state index contributed by atoms with van der Waals surface area (Å²) < 4.78 is 11.7. The van der Waals surface area contributed by atoms with E-state index in [9.17, 15) is 0 Å². The molecule has 63 heavy (non-hydrogen) atoms. The van der Waals surface area contributed by atoms with Gasteiger partial charge in [-0.15, -0.1) is 0 Å². The molecule has 0 fully saturated rings. The molecule has 0 amide bonds. The van der Waals surface area contributed by atoms with Crippen LogP contribution in [0.15, 0.2) is 182 Å². The maximum atomic E-state index is 6.81. The third-order valence-electron chi connectivity index (χ3n) is 13.2. The van der Waals surface area contributed by atoms with Crippen molar-refractivity contribution in [3.8, 4) is 39.7 Å². The molecule has 7 aromatic carbocycles. The van der Waals surface area contributed by atoms with Gasteiger partial charge in [-0.25, -0.2) is 9.97 Å². The van der Waals surface area contributed by atoms with Gasteiger partial charge >= 0.3 is 0 Å². The van der Waals surface area contributed by atoms with Gasteiger partial charge in [0.25, 0.3) is 0 Å². The number of aromatic nitrogens is 4. The summed E-state index contributed by atoms with van der Waals surface area (Å²) in [5.74, 6) is 3.13. The Labute approximate surface area is 364 Å². The molecule has 300 valence electrons. The third-order valence-corrected chi connectivity index (χ3v) is 13.2. The fourth-order valence-electron chi connectivity index (χ4n) is 10.2. The van der Waals surface area contributed by atoms with Crippen LogP contribution in [0.1, 0.15) is 26.3 Å². The van der Waals surface area contributed by atoms with Crippen molar-refractivity contribution in [2.45, 2.75) is 32.9 Å². The second-order valence-electron chi connectivity index (χ2n) is 17.8. The number of benzene rings is 7. The molecule has 0 spiro atoms. The first-order valence-electron chi connectivity index (χ1n) is 21.7. The van der Waals surface area contributed by atoms with Crippen molar-refractivity contribution in [3.05, 3.63) is 188 Å². The summed E-state index contributed by atoms with van der Waals surface area (Å²) in [6.07, 6.45) is 1.86. The summed E-state index contributed by atoms with van der Waals surface area (Å²) in [6, 6.07) is 63.7. The van der Waals surface area contributed by atoms with E-state index in [-0.39, 0.29) is 5.41 Å². The molecule has 0 saturated heterocycles. The first kappa shape index (κ1) is 35.8. The lowest BCUT2D eigenvalue weighted by molar-refractivity contribution is 0.482. The Morgan fingerprint density at radius 3 is 1.84 bits per heavy atom. The second-order valence-corrected chi connectivity index (χ2v) is 17.8. The molecule has 4 aromatic heterocycles. The van der Waals surface area contributed by atoms with Crippen LogP contribution >= 0.6 is 0 Å². The van der Waals surface area contributed by atoms with E-state index in [0.29, 0.717) is 12.4 Å². The van der Waals surface area contributed by atoms with E-state index >= 15 is 0 Å². The first-order valence-corrected chi connectivity index (χ1v) is 21.7. The average molecular weight is 812 g/mol. The highest BCUT2D eigenvalue weighted by Crippen LogP contribution is 2.46. The lowest BCUT2D eigenvalue weighted by Crippen LogP contribution is -2.16. The van der Waals surface area contributed by atoms with Crippen LogP contribution in [0.4, 0.5) is 11.5 Å². The molecule has 0 atom stereocenters. The van der Waals surface area contributed by atoms with Crippen molar-refractivity contribution in [3.63, 3.8) is 0 Å². The Balaban J connectivity index is 1.24. The number of para-hydroxylation sites is 3. The molecule has 0 radical (unpaired) electrons. The van der Waals surface area contributed by atoms with Crippen molar-refractivity contribution >= 4 is 76.7 Å². The number of anilines is 2. The molecule has 11 aromatic rings. The van der Waals surface area contributed by atoms with Gasteiger partial charge in [0.15, 0.2) is 0 Å². The SMILES string of the molecule is CC(C)(C)c1cc2nc(c1)-n1c3ccccc3c3ccc(cc31)Oc1ccnc(c1)N1Cn3c4c(cccc4c4ccccc4c4ccccc4c4cccc1c43)-c1ccccc1-2. The maximum absolute atomic E-state index is 6.81. The van der Waals surface area contributed by atoms with Gasteiger partial charge in [-0.05, 0) is 80.6 Å². The lowest BCUT2D eigenvalue weighted by Gasteiger charge is -2.23. The van der Waals surface area contributed by atoms with Gasteiger partial charge < -0.3 is 14.2 Å². The van der Waals surface area contributed by atoms with Crippen molar-refractivity contribution < 1.29 is 4.74 Å². The summed E-state index contributed by atoms with van der Waals surface area (Å²) in [4.78, 5) is 13.0. The maximum Gasteiger partial charge on any atom is 0.138 e. The zero-order valence-corrected chi connectivity index (χ0v) is 35.2. The molecule has 13 rings (SSSR count). The number of nitrogens with zero attached hydrogens (tertiary/aromatic N) is 5. The highest BCUT2D eigenvalue weighted by Gasteiger charge is 2.28. The number of hydrogen-bond donors (Lipinski definition) is 0. The summed E-state index contributed by atoms with van der Waals surface area (Å²) in [5.41, 5.74) is 10.8. The van der Waals surface area contributed by atoms with Crippen molar-refractivity contribution in [1.82, 2.24) is 19.1 Å². The van der Waals surface area contributed by atoms with Crippen LogP contribution in [-0.4, -0.2) is 19.1 Å². The van der Waals surface area contributed by atoms with E-state index in [1.807, 2.05) is 12.3 Å². The smallest absolute Gasteiger partial charge is 0.138 e. The number of fused-ring (bicyclic) bond motifs is 20. The molecule has 6 heteroatoms. The minimum atomic E-state index is -0.164. The molecule has 0 saturated carbocycles. The van der Waals surface area contributed by atoms with Crippen LogP contribution in [0.3, 0.4) is 0 Å². The zero-order chi connectivity index (χ0) is 42.0.